The Bertz CT molecular complexity index is 720. The standard InChI is InChI=1S/C16H12ClNO2S/c17-15-12(8-7-11-4-1-2-5-13(11)15)10-18-20-16(19)14-6-3-9-21-14/h1-6,9-10H,7-8H2/b18-10+. The smallest absolute Gasteiger partial charge is 0.312 e. The molecule has 0 unspecified atom stereocenters. The average molecular weight is 318 g/mol. The van der Waals surface area contributed by atoms with Crippen molar-refractivity contribution in [2.24, 2.45) is 5.16 Å². The van der Waals surface area contributed by atoms with Crippen molar-refractivity contribution in [3.8, 4) is 0 Å². The molecule has 3 rings (SSSR count). The Kier molecular flexibility index (Phi) is 4.18. The number of benzene rings is 1. The van der Waals surface area contributed by atoms with Crippen LogP contribution in [0.2, 0.25) is 0 Å². The summed E-state index contributed by atoms with van der Waals surface area (Å²) >= 11 is 7.70. The molecular formula is C16H12ClNO2S. The number of nitrogens with zero attached hydrogens (tertiary/aromatic N) is 1. The van der Waals surface area contributed by atoms with Crippen molar-refractivity contribution in [2.45, 2.75) is 12.8 Å². The lowest BCUT2D eigenvalue weighted by Crippen LogP contribution is -2.04. The molecular weight excluding hydrogens is 306 g/mol. The summed E-state index contributed by atoms with van der Waals surface area (Å²) in [6.07, 6.45) is 3.23. The molecule has 0 atom stereocenters. The number of hydrogen-bond donors (Lipinski definition) is 0. The van der Waals surface area contributed by atoms with Gasteiger partial charge in [-0.2, -0.15) is 0 Å². The first kappa shape index (κ1) is 14.0. The van der Waals surface area contributed by atoms with Gasteiger partial charge in [-0.1, -0.05) is 47.1 Å². The van der Waals surface area contributed by atoms with Gasteiger partial charge in [-0.3, -0.25) is 0 Å². The molecule has 0 spiro atoms. The molecule has 2 aromatic rings. The molecule has 0 bridgehead atoms. The molecule has 0 saturated carbocycles. The molecule has 1 aromatic carbocycles. The summed E-state index contributed by atoms with van der Waals surface area (Å²) in [7, 11) is 0. The summed E-state index contributed by atoms with van der Waals surface area (Å²) in [5, 5.41) is 6.26. The number of carbonyl (C=O) groups is 1. The predicted molar refractivity (Wildman–Crippen MR) is 85.8 cm³/mol. The number of fused-ring (bicyclic) bond motifs is 1. The fourth-order valence-corrected chi connectivity index (χ4v) is 3.13. The van der Waals surface area contributed by atoms with E-state index in [0.717, 1.165) is 24.0 Å². The number of halogens is 1. The molecule has 1 aromatic heterocycles. The van der Waals surface area contributed by atoms with Crippen molar-refractivity contribution in [1.29, 1.82) is 0 Å². The fourth-order valence-electron chi connectivity index (χ4n) is 2.20. The second-order valence-corrected chi connectivity index (χ2v) is 5.91. The predicted octanol–water partition coefficient (Wildman–Crippen LogP) is 4.49. The third-order valence-corrected chi connectivity index (χ3v) is 4.56. The van der Waals surface area contributed by atoms with Gasteiger partial charge in [0, 0.05) is 0 Å². The highest BCUT2D eigenvalue weighted by molar-refractivity contribution is 7.11. The Morgan fingerprint density at radius 2 is 2.10 bits per heavy atom. The fraction of sp³-hybridized carbons (Fsp3) is 0.125. The molecule has 5 heteroatoms. The van der Waals surface area contributed by atoms with Crippen molar-refractivity contribution >= 4 is 40.2 Å². The minimum Gasteiger partial charge on any atom is -0.312 e. The second-order valence-electron chi connectivity index (χ2n) is 4.59. The Labute approximate surface area is 131 Å². The van der Waals surface area contributed by atoms with Crippen LogP contribution in [-0.4, -0.2) is 12.2 Å². The maximum absolute atomic E-state index is 11.7. The first-order valence-corrected chi connectivity index (χ1v) is 7.76. The first-order chi connectivity index (χ1) is 10.3. The van der Waals surface area contributed by atoms with Crippen LogP contribution in [-0.2, 0) is 11.3 Å². The van der Waals surface area contributed by atoms with Gasteiger partial charge in [0.25, 0.3) is 0 Å². The van der Waals surface area contributed by atoms with E-state index < -0.39 is 5.97 Å². The molecule has 0 amide bonds. The number of thiophene rings is 1. The topological polar surface area (TPSA) is 38.7 Å². The number of carbonyl (C=O) groups excluding carboxylic acids is 1. The third kappa shape index (κ3) is 3.06. The molecule has 0 aliphatic heterocycles. The van der Waals surface area contributed by atoms with Crippen molar-refractivity contribution in [3.05, 3.63) is 63.4 Å². The van der Waals surface area contributed by atoms with Crippen LogP contribution >= 0.6 is 22.9 Å². The van der Waals surface area contributed by atoms with Gasteiger partial charge in [0.05, 0.1) is 11.2 Å². The minimum absolute atomic E-state index is 0.450. The van der Waals surface area contributed by atoms with Crippen LogP contribution in [0.25, 0.3) is 5.03 Å². The Hall–Kier alpha value is -1.91. The Balaban J connectivity index is 1.73. The molecule has 1 aliphatic carbocycles. The summed E-state index contributed by atoms with van der Waals surface area (Å²) in [5.41, 5.74) is 3.14. The van der Waals surface area contributed by atoms with Crippen LogP contribution in [0, 0.1) is 0 Å². The lowest BCUT2D eigenvalue weighted by molar-refractivity contribution is 0.0525. The quantitative estimate of drug-likeness (QED) is 0.475. The van der Waals surface area contributed by atoms with Gasteiger partial charge in [-0.15, -0.1) is 11.3 Å². The zero-order valence-corrected chi connectivity index (χ0v) is 12.7. The summed E-state index contributed by atoms with van der Waals surface area (Å²) < 4.78 is 0. The Morgan fingerprint density at radius 3 is 2.90 bits per heavy atom. The molecule has 0 N–H and O–H groups in total. The van der Waals surface area contributed by atoms with Gasteiger partial charge in [0.15, 0.2) is 0 Å². The third-order valence-electron chi connectivity index (χ3n) is 3.27. The number of allylic oxidation sites excluding steroid dienone is 1. The van der Waals surface area contributed by atoms with Crippen LogP contribution < -0.4 is 0 Å². The van der Waals surface area contributed by atoms with E-state index in [4.69, 9.17) is 16.4 Å². The normalized spacial score (nSPS) is 14.3. The van der Waals surface area contributed by atoms with E-state index >= 15 is 0 Å². The van der Waals surface area contributed by atoms with Crippen LogP contribution in [0.5, 0.6) is 0 Å². The van der Waals surface area contributed by atoms with Gasteiger partial charge in [0.1, 0.15) is 4.88 Å². The van der Waals surface area contributed by atoms with Crippen LogP contribution in [0.15, 0.2) is 52.5 Å². The van der Waals surface area contributed by atoms with Gasteiger partial charge in [-0.25, -0.2) is 4.79 Å². The molecule has 21 heavy (non-hydrogen) atoms. The van der Waals surface area contributed by atoms with E-state index in [-0.39, 0.29) is 0 Å². The summed E-state index contributed by atoms with van der Waals surface area (Å²) in [6, 6.07) is 11.5. The van der Waals surface area contributed by atoms with Crippen LogP contribution in [0.3, 0.4) is 0 Å². The molecule has 0 fully saturated rings. The molecule has 1 aliphatic rings. The number of oxime groups is 1. The highest BCUT2D eigenvalue weighted by Crippen LogP contribution is 2.33. The van der Waals surface area contributed by atoms with Crippen molar-refractivity contribution in [1.82, 2.24) is 0 Å². The van der Waals surface area contributed by atoms with Gasteiger partial charge < -0.3 is 4.84 Å². The minimum atomic E-state index is -0.450. The first-order valence-electron chi connectivity index (χ1n) is 6.51. The lowest BCUT2D eigenvalue weighted by Gasteiger charge is -2.16. The molecule has 1 heterocycles. The van der Waals surface area contributed by atoms with E-state index in [1.54, 1.807) is 12.1 Å². The summed E-state index contributed by atoms with van der Waals surface area (Å²) in [6.45, 7) is 0. The zero-order chi connectivity index (χ0) is 14.7. The van der Waals surface area contributed by atoms with Crippen LogP contribution in [0.1, 0.15) is 27.2 Å². The number of rotatable bonds is 3. The second kappa shape index (κ2) is 6.24. The molecule has 3 nitrogen and oxygen atoms in total. The molecule has 0 saturated heterocycles. The zero-order valence-electron chi connectivity index (χ0n) is 11.1. The molecule has 106 valence electrons. The van der Waals surface area contributed by atoms with Gasteiger partial charge in [-0.05, 0) is 41.0 Å². The maximum Gasteiger partial charge on any atom is 0.375 e. The van der Waals surface area contributed by atoms with Gasteiger partial charge in [0.2, 0.25) is 0 Å². The van der Waals surface area contributed by atoms with Crippen molar-refractivity contribution in [2.75, 3.05) is 0 Å². The van der Waals surface area contributed by atoms with E-state index in [1.807, 2.05) is 23.6 Å². The lowest BCUT2D eigenvalue weighted by atomic mass is 9.92. The average Bonchev–Trinajstić information content (AvgIpc) is 3.04. The van der Waals surface area contributed by atoms with Crippen LogP contribution in [0.4, 0.5) is 0 Å². The highest BCUT2D eigenvalue weighted by Gasteiger charge is 2.16. The van der Waals surface area contributed by atoms with Crippen molar-refractivity contribution in [3.63, 3.8) is 0 Å². The molecule has 0 radical (unpaired) electrons. The summed E-state index contributed by atoms with van der Waals surface area (Å²) in [4.78, 5) is 17.1. The highest BCUT2D eigenvalue weighted by atomic mass is 35.5. The summed E-state index contributed by atoms with van der Waals surface area (Å²) in [5.74, 6) is -0.450. The van der Waals surface area contributed by atoms with Gasteiger partial charge >= 0.3 is 5.97 Å². The monoisotopic (exact) mass is 317 g/mol. The van der Waals surface area contributed by atoms with E-state index in [1.165, 1.54) is 23.1 Å². The number of aryl methyl sites for hydroxylation is 1. The van der Waals surface area contributed by atoms with E-state index in [0.29, 0.717) is 9.91 Å². The van der Waals surface area contributed by atoms with Crippen molar-refractivity contribution < 1.29 is 9.63 Å². The number of hydrogen-bond acceptors (Lipinski definition) is 4. The Morgan fingerprint density at radius 1 is 1.24 bits per heavy atom. The van der Waals surface area contributed by atoms with E-state index in [9.17, 15) is 4.79 Å². The SMILES string of the molecule is O=C(O/N=C/C1=C(Cl)c2ccccc2CC1)c1cccs1. The maximum atomic E-state index is 11.7. The largest absolute Gasteiger partial charge is 0.375 e. The van der Waals surface area contributed by atoms with E-state index in [2.05, 4.69) is 11.2 Å².